The van der Waals surface area contributed by atoms with Crippen molar-refractivity contribution in [1.82, 2.24) is 10.2 Å². The van der Waals surface area contributed by atoms with E-state index in [1.54, 1.807) is 25.1 Å². The number of hydrogen-bond acceptors (Lipinski definition) is 3. The van der Waals surface area contributed by atoms with Crippen molar-refractivity contribution < 1.29 is 9.53 Å². The fraction of sp³-hybridized carbons (Fsp3) is 0.533. The van der Waals surface area contributed by atoms with Gasteiger partial charge in [-0.1, -0.05) is 29.3 Å². The highest BCUT2D eigenvalue weighted by atomic mass is 35.5. The minimum Gasteiger partial charge on any atom is -0.479 e. The highest BCUT2D eigenvalue weighted by Crippen LogP contribution is 2.32. The summed E-state index contributed by atoms with van der Waals surface area (Å²) in [5.74, 6) is 0.274. The van der Waals surface area contributed by atoms with Gasteiger partial charge in [0, 0.05) is 12.6 Å². The van der Waals surface area contributed by atoms with Crippen LogP contribution in [-0.4, -0.2) is 43.1 Å². The van der Waals surface area contributed by atoms with Crippen LogP contribution < -0.4 is 10.1 Å². The molecule has 0 aliphatic carbocycles. The monoisotopic (exact) mass is 330 g/mol. The van der Waals surface area contributed by atoms with Crippen molar-refractivity contribution >= 4 is 29.1 Å². The third-order valence-corrected chi connectivity index (χ3v) is 4.57. The molecule has 0 bridgehead atoms. The summed E-state index contributed by atoms with van der Waals surface area (Å²) in [7, 11) is 2.08. The van der Waals surface area contributed by atoms with Crippen LogP contribution in [0.15, 0.2) is 18.2 Å². The van der Waals surface area contributed by atoms with Gasteiger partial charge in [-0.2, -0.15) is 0 Å². The second-order valence-electron chi connectivity index (χ2n) is 5.33. The first-order valence-corrected chi connectivity index (χ1v) is 7.83. The predicted octanol–water partition coefficient (Wildman–Crippen LogP) is 2.97. The number of nitrogens with zero attached hydrogens (tertiary/aromatic N) is 1. The molecule has 0 aromatic heterocycles. The summed E-state index contributed by atoms with van der Waals surface area (Å²) in [4.78, 5) is 14.3. The quantitative estimate of drug-likeness (QED) is 0.902. The lowest BCUT2D eigenvalue weighted by atomic mass is 10.2. The Morgan fingerprint density at radius 1 is 1.52 bits per heavy atom. The second kappa shape index (κ2) is 7.34. The molecular formula is C15H20Cl2N2O2. The molecule has 2 atom stereocenters. The van der Waals surface area contributed by atoms with Crippen molar-refractivity contribution in [3.63, 3.8) is 0 Å². The number of rotatable bonds is 5. The smallest absolute Gasteiger partial charge is 0.260 e. The lowest BCUT2D eigenvalue weighted by molar-refractivity contribution is -0.127. The third kappa shape index (κ3) is 4.25. The molecule has 1 aromatic carbocycles. The van der Waals surface area contributed by atoms with Crippen LogP contribution in [0.25, 0.3) is 0 Å². The number of benzene rings is 1. The van der Waals surface area contributed by atoms with Crippen LogP contribution in [0.2, 0.25) is 10.0 Å². The van der Waals surface area contributed by atoms with E-state index in [-0.39, 0.29) is 5.91 Å². The van der Waals surface area contributed by atoms with Crippen molar-refractivity contribution in [2.45, 2.75) is 31.9 Å². The Morgan fingerprint density at radius 3 is 2.95 bits per heavy atom. The van der Waals surface area contributed by atoms with Crippen LogP contribution in [0.3, 0.4) is 0 Å². The van der Waals surface area contributed by atoms with E-state index < -0.39 is 6.10 Å². The van der Waals surface area contributed by atoms with Crippen LogP contribution in [0.4, 0.5) is 0 Å². The molecule has 21 heavy (non-hydrogen) atoms. The summed E-state index contributed by atoms with van der Waals surface area (Å²) in [6.07, 6.45) is 1.68. The minimum atomic E-state index is -0.618. The number of likely N-dealkylation sites (N-methyl/N-ethyl adjacent to an activating group) is 1. The van der Waals surface area contributed by atoms with Gasteiger partial charge in [0.05, 0.1) is 5.02 Å². The summed E-state index contributed by atoms with van der Waals surface area (Å²) in [6.45, 7) is 3.43. The lowest BCUT2D eigenvalue weighted by Crippen LogP contribution is -2.43. The Morgan fingerprint density at radius 2 is 2.29 bits per heavy atom. The number of nitrogens with one attached hydrogen (secondary N) is 1. The zero-order valence-corrected chi connectivity index (χ0v) is 13.7. The second-order valence-corrected chi connectivity index (χ2v) is 6.12. The summed E-state index contributed by atoms with van der Waals surface area (Å²) >= 11 is 12.0. The SMILES string of the molecule is CC(Oc1cccc(Cl)c1Cl)C(=O)NCC1CCCN1C. The molecule has 1 heterocycles. The average molecular weight is 331 g/mol. The maximum Gasteiger partial charge on any atom is 0.260 e. The highest BCUT2D eigenvalue weighted by Gasteiger charge is 2.23. The van der Waals surface area contributed by atoms with Gasteiger partial charge < -0.3 is 15.0 Å². The Labute approximate surface area is 135 Å². The van der Waals surface area contributed by atoms with Gasteiger partial charge in [-0.25, -0.2) is 0 Å². The van der Waals surface area contributed by atoms with Gasteiger partial charge in [-0.15, -0.1) is 0 Å². The molecule has 1 aliphatic rings. The summed E-state index contributed by atoms with van der Waals surface area (Å²) in [6, 6.07) is 5.53. The summed E-state index contributed by atoms with van der Waals surface area (Å²) in [5.41, 5.74) is 0. The largest absolute Gasteiger partial charge is 0.479 e. The van der Waals surface area contributed by atoms with Crippen LogP contribution in [0.1, 0.15) is 19.8 Å². The van der Waals surface area contributed by atoms with Gasteiger partial charge in [0.25, 0.3) is 5.91 Å². The van der Waals surface area contributed by atoms with E-state index in [1.165, 1.54) is 6.42 Å². The van der Waals surface area contributed by atoms with Crippen molar-refractivity contribution in [2.24, 2.45) is 0 Å². The first-order valence-electron chi connectivity index (χ1n) is 7.07. The van der Waals surface area contributed by atoms with Crippen LogP contribution in [-0.2, 0) is 4.79 Å². The topological polar surface area (TPSA) is 41.6 Å². The summed E-state index contributed by atoms with van der Waals surface area (Å²) in [5, 5.41) is 3.67. The molecule has 1 aliphatic heterocycles. The van der Waals surface area contributed by atoms with Gasteiger partial charge in [-0.05, 0) is 45.5 Å². The van der Waals surface area contributed by atoms with Gasteiger partial charge in [0.2, 0.25) is 0 Å². The first-order chi connectivity index (χ1) is 9.99. The molecule has 116 valence electrons. The predicted molar refractivity (Wildman–Crippen MR) is 85.2 cm³/mol. The molecule has 0 radical (unpaired) electrons. The highest BCUT2D eigenvalue weighted by molar-refractivity contribution is 6.42. The Balaban J connectivity index is 1.86. The van der Waals surface area contributed by atoms with Crippen molar-refractivity contribution in [3.8, 4) is 5.75 Å². The molecule has 2 unspecified atom stereocenters. The fourth-order valence-electron chi connectivity index (χ4n) is 2.42. The van der Waals surface area contributed by atoms with E-state index in [4.69, 9.17) is 27.9 Å². The number of carbonyl (C=O) groups excluding carboxylic acids is 1. The maximum absolute atomic E-state index is 12.1. The number of hydrogen-bond donors (Lipinski definition) is 1. The fourth-order valence-corrected chi connectivity index (χ4v) is 2.75. The lowest BCUT2D eigenvalue weighted by Gasteiger charge is -2.21. The van der Waals surface area contributed by atoms with Crippen LogP contribution in [0.5, 0.6) is 5.75 Å². The van der Waals surface area contributed by atoms with E-state index in [0.29, 0.717) is 28.4 Å². The van der Waals surface area contributed by atoms with Crippen molar-refractivity contribution in [1.29, 1.82) is 0 Å². The van der Waals surface area contributed by atoms with E-state index >= 15 is 0 Å². The van der Waals surface area contributed by atoms with Gasteiger partial charge in [-0.3, -0.25) is 4.79 Å². The van der Waals surface area contributed by atoms with Crippen LogP contribution >= 0.6 is 23.2 Å². The third-order valence-electron chi connectivity index (χ3n) is 3.77. The molecule has 0 saturated carbocycles. The molecule has 2 rings (SSSR count). The number of halogens is 2. The molecule has 1 fully saturated rings. The maximum atomic E-state index is 12.1. The number of carbonyl (C=O) groups is 1. The molecular weight excluding hydrogens is 311 g/mol. The standard InChI is InChI=1S/C15H20Cl2N2O2/c1-10(21-13-7-3-6-12(16)14(13)17)15(20)18-9-11-5-4-8-19(11)2/h3,6-7,10-11H,4-5,8-9H2,1-2H3,(H,18,20). The van der Waals surface area contributed by atoms with E-state index in [0.717, 1.165) is 13.0 Å². The number of likely N-dealkylation sites (tertiary alicyclic amines) is 1. The molecule has 4 nitrogen and oxygen atoms in total. The molecule has 1 aromatic rings. The van der Waals surface area contributed by atoms with Gasteiger partial charge in [0.15, 0.2) is 6.10 Å². The summed E-state index contributed by atoms with van der Waals surface area (Å²) < 4.78 is 5.59. The Hall–Kier alpha value is -0.970. The van der Waals surface area contributed by atoms with E-state index in [1.807, 2.05) is 0 Å². The van der Waals surface area contributed by atoms with Crippen LogP contribution in [0, 0.1) is 0 Å². The molecule has 0 spiro atoms. The van der Waals surface area contributed by atoms with Gasteiger partial charge in [0.1, 0.15) is 10.8 Å². The minimum absolute atomic E-state index is 0.147. The van der Waals surface area contributed by atoms with Crippen molar-refractivity contribution in [3.05, 3.63) is 28.2 Å². The zero-order valence-electron chi connectivity index (χ0n) is 12.2. The van der Waals surface area contributed by atoms with E-state index in [9.17, 15) is 4.79 Å². The molecule has 6 heteroatoms. The Bertz CT molecular complexity index is 510. The first kappa shape index (κ1) is 16.4. The van der Waals surface area contributed by atoms with Crippen molar-refractivity contribution in [2.75, 3.05) is 20.1 Å². The molecule has 1 amide bonds. The van der Waals surface area contributed by atoms with Gasteiger partial charge >= 0.3 is 0 Å². The Kier molecular flexibility index (Phi) is 5.73. The molecule has 1 N–H and O–H groups in total. The van der Waals surface area contributed by atoms with E-state index in [2.05, 4.69) is 17.3 Å². The zero-order chi connectivity index (χ0) is 15.4. The normalized spacial score (nSPS) is 20.3. The average Bonchev–Trinajstić information content (AvgIpc) is 2.86. The number of ether oxygens (including phenoxy) is 1. The molecule has 1 saturated heterocycles. The number of amides is 1.